The van der Waals surface area contributed by atoms with Gasteiger partial charge < -0.3 is 35.0 Å². The smallest absolute Gasteiger partial charge is 0.298 e. The summed E-state index contributed by atoms with van der Waals surface area (Å²) in [4.78, 5) is 27.2. The highest BCUT2D eigenvalue weighted by atomic mass is 32.2. The van der Waals surface area contributed by atoms with E-state index in [9.17, 15) is 18.1 Å². The molecule has 64 heavy (non-hydrogen) atoms. The number of fused-ring (bicyclic) bond motifs is 2. The summed E-state index contributed by atoms with van der Waals surface area (Å²) in [5.74, 6) is 1.43. The van der Waals surface area contributed by atoms with Gasteiger partial charge in [0.2, 0.25) is 22.2 Å². The molecule has 0 radical (unpaired) electrons. The third-order valence-corrected chi connectivity index (χ3v) is 13.2. The zero-order valence-corrected chi connectivity index (χ0v) is 38.9. The van der Waals surface area contributed by atoms with Crippen LogP contribution in [0.2, 0.25) is 0 Å². The normalized spacial score (nSPS) is 11.9. The van der Waals surface area contributed by atoms with Crippen molar-refractivity contribution in [3.05, 3.63) is 66.7 Å². The molecule has 0 amide bonds. The Kier molecular flexibility index (Phi) is 14.8. The highest BCUT2D eigenvalue weighted by Gasteiger charge is 2.20. The fraction of sp³-hybridized carbons (Fsp3) is 0.293. The van der Waals surface area contributed by atoms with Gasteiger partial charge in [-0.05, 0) is 88.4 Å². The van der Waals surface area contributed by atoms with Gasteiger partial charge in [0.25, 0.3) is 10.1 Å². The minimum atomic E-state index is -4.57. The van der Waals surface area contributed by atoms with E-state index in [0.29, 0.717) is 49.0 Å². The maximum absolute atomic E-state index is 12.0. The fourth-order valence-electron chi connectivity index (χ4n) is 6.49. The molecule has 3 heterocycles. The molecule has 0 fully saturated rings. The summed E-state index contributed by atoms with van der Waals surface area (Å²) >= 11 is 3.82. The molecule has 3 aromatic heterocycles. The molecular weight excluding hydrogens is 899 g/mol. The zero-order chi connectivity index (χ0) is 45.4. The molecule has 23 heteroatoms. The number of benzene rings is 4. The number of hydrogen-bond acceptors (Lipinski definition) is 21. The number of aliphatic hydroxyl groups is 1. The number of ether oxygens (including phenoxy) is 2. The molecule has 0 unspecified atom stereocenters. The second kappa shape index (κ2) is 20.6. The standard InChI is InChI=1S/C41H45N13O6S4/c1-7-53(8-2)24-11-14-27(49-51-40-44-29-16-13-26(59-5)21-34(29)62-40)30(19-24)42-37-46-38(48-39(47-37)61-18-17-55)43-31-20-25(54(9-3)10-4)12-15-28(31)50-52-41-45-32-22-36(64(56,57)58)33(60-6)23-35(32)63-41/h11-16,19-23,55H,7-10,17-18H2,1-6H3,(H,56,57,58)(H2,42,43,46,47,48)/b51-49+,52-50+. The number of aromatic nitrogens is 5. The van der Waals surface area contributed by atoms with Crippen molar-refractivity contribution in [2.45, 2.75) is 37.7 Å². The summed E-state index contributed by atoms with van der Waals surface area (Å²) in [5.41, 5.74) is 5.00. The lowest BCUT2D eigenvalue weighted by Gasteiger charge is -2.22. The Morgan fingerprint density at radius 1 is 0.672 bits per heavy atom. The number of rotatable bonds is 20. The SMILES string of the molecule is CCN(CC)c1ccc(/N=N/c2nc3ccc(OC)cc3s2)c(Nc2nc(Nc3cc(N(CC)CC)ccc3/N=N/c3nc4cc(S(=O)(=O)O)c(OC)cc4s3)nc(SCCO)n2)c1. The van der Waals surface area contributed by atoms with Crippen molar-refractivity contribution in [3.63, 3.8) is 0 Å². The number of methoxy groups -OCH3 is 2. The molecular formula is C41H45N13O6S4. The highest BCUT2D eigenvalue weighted by Crippen LogP contribution is 2.39. The molecule has 7 rings (SSSR count). The first-order valence-corrected chi connectivity index (χ1v) is 24.1. The van der Waals surface area contributed by atoms with Gasteiger partial charge in [-0.25, -0.2) is 9.97 Å². The van der Waals surface area contributed by atoms with Crippen LogP contribution in [-0.4, -0.2) is 95.8 Å². The summed E-state index contributed by atoms with van der Waals surface area (Å²) in [6.07, 6.45) is 0. The van der Waals surface area contributed by atoms with Crippen LogP contribution in [0.25, 0.3) is 20.4 Å². The number of thioether (sulfide) groups is 1. The monoisotopic (exact) mass is 943 g/mol. The largest absolute Gasteiger partial charge is 0.497 e. The molecule has 4 N–H and O–H groups in total. The van der Waals surface area contributed by atoms with Gasteiger partial charge in [0.05, 0.1) is 52.6 Å². The van der Waals surface area contributed by atoms with Gasteiger partial charge >= 0.3 is 0 Å². The molecule has 0 aliphatic carbocycles. The van der Waals surface area contributed by atoms with Crippen LogP contribution in [-0.2, 0) is 10.1 Å². The predicted molar refractivity (Wildman–Crippen MR) is 255 cm³/mol. The number of nitrogens with one attached hydrogen (secondary N) is 2. The van der Waals surface area contributed by atoms with E-state index >= 15 is 0 Å². The average Bonchev–Trinajstić information content (AvgIpc) is 3.90. The van der Waals surface area contributed by atoms with Gasteiger partial charge in [0.15, 0.2) is 5.16 Å². The van der Waals surface area contributed by atoms with Gasteiger partial charge in [-0.15, -0.1) is 20.5 Å². The van der Waals surface area contributed by atoms with Crippen LogP contribution in [0.5, 0.6) is 11.5 Å². The Morgan fingerprint density at radius 3 is 1.72 bits per heavy atom. The second-order valence-electron chi connectivity index (χ2n) is 13.5. The molecule has 0 atom stereocenters. The molecule has 19 nitrogen and oxygen atoms in total. The molecule has 7 aromatic rings. The fourth-order valence-corrected chi connectivity index (χ4v) is 9.33. The van der Waals surface area contributed by atoms with Gasteiger partial charge in [0, 0.05) is 49.4 Å². The summed E-state index contributed by atoms with van der Waals surface area (Å²) in [7, 11) is -1.64. The number of aliphatic hydroxyl groups excluding tert-OH is 1. The van der Waals surface area contributed by atoms with Crippen LogP contribution in [0, 0.1) is 0 Å². The lowest BCUT2D eigenvalue weighted by Crippen LogP contribution is -2.21. The first-order valence-electron chi connectivity index (χ1n) is 20.0. The number of azo groups is 2. The van der Waals surface area contributed by atoms with Crippen LogP contribution in [0.1, 0.15) is 27.7 Å². The average molecular weight is 944 g/mol. The van der Waals surface area contributed by atoms with Crippen LogP contribution >= 0.6 is 34.4 Å². The minimum absolute atomic E-state index is 0.0216. The Bertz CT molecular complexity index is 2940. The van der Waals surface area contributed by atoms with Crippen molar-refractivity contribution in [1.29, 1.82) is 0 Å². The quantitative estimate of drug-likeness (QED) is 0.0316. The molecule has 0 aliphatic heterocycles. The van der Waals surface area contributed by atoms with E-state index in [4.69, 9.17) is 24.4 Å². The molecule has 0 spiro atoms. The lowest BCUT2D eigenvalue weighted by atomic mass is 10.2. The van der Waals surface area contributed by atoms with E-state index < -0.39 is 15.0 Å². The molecule has 0 saturated heterocycles. The third-order valence-electron chi connectivity index (χ3n) is 9.66. The number of nitrogens with zero attached hydrogens (tertiary/aromatic N) is 11. The third kappa shape index (κ3) is 10.8. The Hall–Kier alpha value is -6.11. The van der Waals surface area contributed by atoms with Crippen molar-refractivity contribution < 1.29 is 27.6 Å². The summed E-state index contributed by atoms with van der Waals surface area (Å²) < 4.78 is 45.9. The molecule has 0 saturated carbocycles. The van der Waals surface area contributed by atoms with Crippen molar-refractivity contribution in [1.82, 2.24) is 24.9 Å². The maximum Gasteiger partial charge on any atom is 0.298 e. The van der Waals surface area contributed by atoms with Crippen molar-refractivity contribution in [2.75, 3.05) is 73.2 Å². The topological polar surface area (TPSA) is 237 Å². The van der Waals surface area contributed by atoms with Gasteiger partial charge in [0.1, 0.15) is 27.8 Å². The van der Waals surface area contributed by atoms with Crippen molar-refractivity contribution >= 4 is 121 Å². The minimum Gasteiger partial charge on any atom is -0.497 e. The van der Waals surface area contributed by atoms with Gasteiger partial charge in [-0.2, -0.15) is 23.4 Å². The lowest BCUT2D eigenvalue weighted by molar-refractivity contribution is 0.322. The van der Waals surface area contributed by atoms with Crippen molar-refractivity contribution in [2.24, 2.45) is 20.5 Å². The maximum atomic E-state index is 12.0. The number of thiazole rings is 2. The highest BCUT2D eigenvalue weighted by molar-refractivity contribution is 7.99. The second-order valence-corrected chi connectivity index (χ2v) is 18.0. The number of anilines is 6. The summed E-state index contributed by atoms with van der Waals surface area (Å²) in [6, 6.07) is 19.9. The van der Waals surface area contributed by atoms with E-state index in [1.165, 1.54) is 53.7 Å². The Morgan fingerprint density at radius 2 is 1.22 bits per heavy atom. The number of hydrogen-bond donors (Lipinski definition) is 4. The van der Waals surface area contributed by atoms with E-state index in [1.807, 2.05) is 54.6 Å². The van der Waals surface area contributed by atoms with Crippen molar-refractivity contribution in [3.8, 4) is 11.5 Å². The van der Waals surface area contributed by atoms with E-state index in [1.54, 1.807) is 7.11 Å². The Labute approximate surface area is 381 Å². The van der Waals surface area contributed by atoms with E-state index in [2.05, 4.69) is 78.6 Å². The first-order chi connectivity index (χ1) is 30.9. The molecule has 0 bridgehead atoms. The van der Waals surface area contributed by atoms with Gasteiger partial charge in [-0.3, -0.25) is 4.55 Å². The molecule has 4 aromatic carbocycles. The molecule has 334 valence electrons. The molecule has 0 aliphatic rings. The zero-order valence-electron chi connectivity index (χ0n) is 35.7. The van der Waals surface area contributed by atoms with Crippen LogP contribution < -0.4 is 29.9 Å². The van der Waals surface area contributed by atoms with Crippen LogP contribution in [0.3, 0.4) is 0 Å². The predicted octanol–water partition coefficient (Wildman–Crippen LogP) is 10.4. The van der Waals surface area contributed by atoms with Gasteiger partial charge in [-0.1, -0.05) is 34.4 Å². The van der Waals surface area contributed by atoms with Crippen LogP contribution in [0.15, 0.2) is 97.2 Å². The Balaban J connectivity index is 1.25. The van der Waals surface area contributed by atoms with Crippen LogP contribution in [0.4, 0.5) is 56.3 Å². The first kappa shape index (κ1) is 45.9. The summed E-state index contributed by atoms with van der Waals surface area (Å²) in [6.45, 7) is 11.3. The van der Waals surface area contributed by atoms with E-state index in [0.717, 1.165) is 53.5 Å². The summed E-state index contributed by atoms with van der Waals surface area (Å²) in [5, 5.41) is 35.6. The van der Waals surface area contributed by atoms with E-state index in [-0.39, 0.29) is 29.4 Å².